The van der Waals surface area contributed by atoms with Gasteiger partial charge in [0.15, 0.2) is 6.10 Å². The number of carbonyl (C=O) groups is 1. The molecule has 6 rings (SSSR count). The van der Waals surface area contributed by atoms with Gasteiger partial charge in [-0.3, -0.25) is 9.69 Å². The van der Waals surface area contributed by atoms with E-state index in [-0.39, 0.29) is 46.4 Å². The third-order valence-corrected chi connectivity index (χ3v) is 10.5. The Morgan fingerprint density at radius 1 is 1.18 bits per heavy atom. The van der Waals surface area contributed by atoms with Gasteiger partial charge in [-0.05, 0) is 91.3 Å². The van der Waals surface area contributed by atoms with Crippen LogP contribution in [0.3, 0.4) is 0 Å². The number of carbonyl (C=O) groups excluding carboxylic acids is 1. The van der Waals surface area contributed by atoms with Gasteiger partial charge in [0.2, 0.25) is 0 Å². The molecule has 2 N–H and O–H groups in total. The number of phenolic OH excluding ortho intramolecular Hbond substituents is 1. The van der Waals surface area contributed by atoms with Gasteiger partial charge in [-0.25, -0.2) is 0 Å². The topological polar surface area (TPSA) is 64.0 Å². The van der Waals surface area contributed by atoms with E-state index in [2.05, 4.69) is 6.92 Å². The minimum atomic E-state index is -4.66. The second-order valence-corrected chi connectivity index (χ2v) is 12.1. The Morgan fingerprint density at radius 3 is 2.63 bits per heavy atom. The largest absolute Gasteiger partial charge is 0.508 e. The summed E-state index contributed by atoms with van der Waals surface area (Å²) in [6, 6.07) is 14.6. The third kappa shape index (κ3) is 3.48. The first kappa shape index (κ1) is 25.7. The van der Waals surface area contributed by atoms with Gasteiger partial charge in [-0.1, -0.05) is 31.2 Å². The van der Waals surface area contributed by atoms with Crippen molar-refractivity contribution in [1.29, 1.82) is 0 Å². The highest BCUT2D eigenvalue weighted by molar-refractivity contribution is 5.94. The number of aliphatic hydroxyl groups is 1. The summed E-state index contributed by atoms with van der Waals surface area (Å²) in [5.74, 6) is 0.543. The number of fused-ring (bicyclic) bond motifs is 1. The van der Waals surface area contributed by atoms with Crippen LogP contribution in [-0.4, -0.2) is 70.4 Å². The van der Waals surface area contributed by atoms with Crippen molar-refractivity contribution >= 4 is 5.91 Å². The zero-order valence-corrected chi connectivity index (χ0v) is 21.8. The summed E-state index contributed by atoms with van der Waals surface area (Å²) in [4.78, 5) is 17.3. The van der Waals surface area contributed by atoms with E-state index in [0.29, 0.717) is 24.9 Å². The number of hydrogen-bond donors (Lipinski definition) is 2. The Balaban J connectivity index is 1.44. The fourth-order valence-corrected chi connectivity index (χ4v) is 9.35. The van der Waals surface area contributed by atoms with Crippen LogP contribution in [0.4, 0.5) is 13.2 Å². The maximum atomic E-state index is 13.6. The van der Waals surface area contributed by atoms with Gasteiger partial charge in [0.1, 0.15) is 5.75 Å². The SMILES string of the molecule is C[C@H]1CC23CCC(N(C)C(=O)c4ccccc4)C1C21CCN(C[C@H](O)C(F)(F)F)C3Cc2ccc(O)cc21. The molecule has 5 nitrogen and oxygen atoms in total. The molecule has 4 aliphatic rings. The number of halogens is 3. The summed E-state index contributed by atoms with van der Waals surface area (Å²) in [5, 5.41) is 20.6. The molecule has 2 aromatic carbocycles. The first-order valence-electron chi connectivity index (χ1n) is 13.6. The quantitative estimate of drug-likeness (QED) is 0.601. The number of β-amino-alcohol motifs (C(OH)–C–C–N with tert-alkyl or cyclic N) is 1. The number of likely N-dealkylation sites (tertiary alicyclic amines) is 1. The van der Waals surface area contributed by atoms with E-state index < -0.39 is 18.8 Å². The molecule has 0 radical (unpaired) electrons. The van der Waals surface area contributed by atoms with Crippen molar-refractivity contribution < 1.29 is 28.2 Å². The van der Waals surface area contributed by atoms with E-state index in [1.54, 1.807) is 6.07 Å². The maximum Gasteiger partial charge on any atom is 0.415 e. The Hall–Kier alpha value is -2.58. The number of rotatable bonds is 4. The lowest BCUT2D eigenvalue weighted by Crippen LogP contribution is -2.71. The zero-order valence-electron chi connectivity index (χ0n) is 21.8. The standard InChI is InChI=1S/C30H35F3N2O3/c1-18-16-28-11-10-23(34(2)27(38)19-6-4-3-5-7-19)26(18)29(28)12-13-35(17-25(37)30(31,32)33)24(28)14-20-8-9-21(36)15-22(20)29/h3-9,15,18,23-26,36-37H,10-14,16-17H2,1-2H3/t18-,23?,24?,25-,26?,28?,29?/m0/s1. The second kappa shape index (κ2) is 8.71. The van der Waals surface area contributed by atoms with E-state index in [1.807, 2.05) is 59.3 Å². The Bertz CT molecular complexity index is 1240. The van der Waals surface area contributed by atoms with Crippen LogP contribution >= 0.6 is 0 Å². The molecule has 38 heavy (non-hydrogen) atoms. The van der Waals surface area contributed by atoms with E-state index in [9.17, 15) is 28.2 Å². The fraction of sp³-hybridized carbons (Fsp3) is 0.567. The van der Waals surface area contributed by atoms with Crippen molar-refractivity contribution in [2.45, 2.75) is 68.8 Å². The summed E-state index contributed by atoms with van der Waals surface area (Å²) >= 11 is 0. The lowest BCUT2D eigenvalue weighted by atomic mass is 9.43. The molecule has 2 aromatic rings. The van der Waals surface area contributed by atoms with Crippen molar-refractivity contribution in [3.05, 3.63) is 65.2 Å². The van der Waals surface area contributed by atoms with Gasteiger partial charge in [0, 0.05) is 36.7 Å². The van der Waals surface area contributed by atoms with Crippen molar-refractivity contribution in [2.75, 3.05) is 20.1 Å². The summed E-state index contributed by atoms with van der Waals surface area (Å²) in [7, 11) is 1.88. The second-order valence-electron chi connectivity index (χ2n) is 12.1. The highest BCUT2D eigenvalue weighted by Gasteiger charge is 2.73. The summed E-state index contributed by atoms with van der Waals surface area (Å²) in [5.41, 5.74) is 2.20. The first-order valence-corrected chi connectivity index (χ1v) is 13.6. The van der Waals surface area contributed by atoms with Gasteiger partial charge in [0.25, 0.3) is 5.91 Å². The molecule has 1 heterocycles. The van der Waals surface area contributed by atoms with E-state index >= 15 is 0 Å². The number of aliphatic hydroxyl groups excluding tert-OH is 1. The van der Waals surface area contributed by atoms with Gasteiger partial charge >= 0.3 is 6.18 Å². The van der Waals surface area contributed by atoms with Crippen molar-refractivity contribution in [1.82, 2.24) is 9.80 Å². The van der Waals surface area contributed by atoms with Crippen LogP contribution < -0.4 is 0 Å². The highest BCUT2D eigenvalue weighted by Crippen LogP contribution is 2.74. The monoisotopic (exact) mass is 528 g/mol. The number of piperidine rings is 1. The van der Waals surface area contributed by atoms with Crippen LogP contribution in [0.1, 0.15) is 54.1 Å². The third-order valence-electron chi connectivity index (χ3n) is 10.5. The Labute approximate surface area is 221 Å². The molecular weight excluding hydrogens is 493 g/mol. The first-order chi connectivity index (χ1) is 18.0. The minimum Gasteiger partial charge on any atom is -0.508 e. The number of phenols is 1. The molecule has 7 atom stereocenters. The minimum absolute atomic E-state index is 0.0189. The van der Waals surface area contributed by atoms with Crippen LogP contribution in [0, 0.1) is 17.3 Å². The normalized spacial score (nSPS) is 34.8. The van der Waals surface area contributed by atoms with Crippen LogP contribution in [0.5, 0.6) is 5.75 Å². The highest BCUT2D eigenvalue weighted by atomic mass is 19.4. The van der Waals surface area contributed by atoms with Crippen LogP contribution in [0.15, 0.2) is 48.5 Å². The number of amides is 1. The van der Waals surface area contributed by atoms with E-state index in [1.165, 1.54) is 0 Å². The number of aromatic hydroxyl groups is 1. The van der Waals surface area contributed by atoms with Gasteiger partial charge in [0.05, 0.1) is 0 Å². The smallest absolute Gasteiger partial charge is 0.415 e. The lowest BCUT2D eigenvalue weighted by molar-refractivity contribution is -0.216. The van der Waals surface area contributed by atoms with Crippen molar-refractivity contribution in [2.24, 2.45) is 17.3 Å². The molecule has 1 saturated heterocycles. The van der Waals surface area contributed by atoms with E-state index in [4.69, 9.17) is 0 Å². The van der Waals surface area contributed by atoms with Gasteiger partial charge in [-0.2, -0.15) is 13.2 Å². The Morgan fingerprint density at radius 2 is 1.92 bits per heavy atom. The number of nitrogens with zero attached hydrogens (tertiary/aromatic N) is 2. The predicted molar refractivity (Wildman–Crippen MR) is 137 cm³/mol. The van der Waals surface area contributed by atoms with Gasteiger partial charge in [-0.15, -0.1) is 0 Å². The molecule has 2 saturated carbocycles. The molecular formula is C30H35F3N2O3. The fourth-order valence-electron chi connectivity index (χ4n) is 9.35. The van der Waals surface area contributed by atoms with E-state index in [0.717, 1.165) is 30.4 Å². The van der Waals surface area contributed by atoms with Crippen LogP contribution in [0.25, 0.3) is 0 Å². The molecule has 5 unspecified atom stereocenters. The van der Waals surface area contributed by atoms with Crippen LogP contribution in [0.2, 0.25) is 0 Å². The summed E-state index contributed by atoms with van der Waals surface area (Å²) in [6.07, 6.45) is -3.36. The average molecular weight is 529 g/mol. The predicted octanol–water partition coefficient (Wildman–Crippen LogP) is 4.76. The Kier molecular flexibility index (Phi) is 5.89. The maximum absolute atomic E-state index is 13.6. The summed E-state index contributed by atoms with van der Waals surface area (Å²) < 4.78 is 40.2. The molecule has 3 fully saturated rings. The number of benzene rings is 2. The van der Waals surface area contributed by atoms with Crippen LogP contribution in [-0.2, 0) is 11.8 Å². The molecule has 3 aliphatic carbocycles. The molecule has 1 aliphatic heterocycles. The molecule has 0 spiro atoms. The van der Waals surface area contributed by atoms with Crippen molar-refractivity contribution in [3.63, 3.8) is 0 Å². The molecule has 4 bridgehead atoms. The number of alkyl halides is 3. The van der Waals surface area contributed by atoms with Crippen molar-refractivity contribution in [3.8, 4) is 5.75 Å². The summed E-state index contributed by atoms with van der Waals surface area (Å²) in [6.45, 7) is 2.25. The molecule has 1 amide bonds. The zero-order chi connectivity index (χ0) is 27.0. The lowest BCUT2D eigenvalue weighted by Gasteiger charge is -2.67. The molecule has 8 heteroatoms. The molecule has 0 aromatic heterocycles. The van der Waals surface area contributed by atoms with Gasteiger partial charge < -0.3 is 15.1 Å². The molecule has 204 valence electrons. The average Bonchev–Trinajstić information content (AvgIpc) is 3.06. The number of hydrogen-bond acceptors (Lipinski definition) is 4.